The number of nitrogens with zero attached hydrogens (tertiary/aromatic N) is 2. The van der Waals surface area contributed by atoms with E-state index < -0.39 is 11.5 Å². The first-order valence-corrected chi connectivity index (χ1v) is 16.3. The van der Waals surface area contributed by atoms with Crippen molar-refractivity contribution in [3.05, 3.63) is 35.6 Å². The molecule has 8 heteroatoms. The summed E-state index contributed by atoms with van der Waals surface area (Å²) in [7, 11) is 2.10. The minimum Gasteiger partial charge on any atom is -0.351 e. The van der Waals surface area contributed by atoms with Crippen LogP contribution in [0.3, 0.4) is 0 Å². The Morgan fingerprint density at radius 2 is 1.67 bits per heavy atom. The van der Waals surface area contributed by atoms with Crippen LogP contribution >= 0.6 is 0 Å². The Morgan fingerprint density at radius 3 is 2.26 bits per heavy atom. The number of amides is 3. The van der Waals surface area contributed by atoms with E-state index in [-0.39, 0.29) is 41.0 Å². The molecule has 2 N–H and O–H groups in total. The first-order valence-electron chi connectivity index (χ1n) is 16.3. The molecule has 7 nitrogen and oxygen atoms in total. The average molecular weight is 583 g/mol. The summed E-state index contributed by atoms with van der Waals surface area (Å²) in [6, 6.07) is 5.68. The van der Waals surface area contributed by atoms with Gasteiger partial charge in [0.25, 0.3) is 0 Å². The van der Waals surface area contributed by atoms with Crippen LogP contribution in [0.5, 0.6) is 0 Å². The summed E-state index contributed by atoms with van der Waals surface area (Å²) in [5.41, 5.74) is 0.0325. The van der Waals surface area contributed by atoms with Crippen LogP contribution in [0.2, 0.25) is 0 Å². The summed E-state index contributed by atoms with van der Waals surface area (Å²) in [6.07, 6.45) is 10.3. The number of benzene rings is 1. The highest BCUT2D eigenvalue weighted by Gasteiger charge is 2.49. The van der Waals surface area contributed by atoms with Crippen LogP contribution in [0.25, 0.3) is 0 Å². The zero-order valence-electron chi connectivity index (χ0n) is 26.1. The number of carbonyl (C=O) groups excluding carboxylic acids is 3. The van der Waals surface area contributed by atoms with E-state index in [0.29, 0.717) is 44.2 Å². The third-order valence-electron chi connectivity index (χ3n) is 10.6. The number of fused-ring (bicyclic) bond motifs is 3. The largest absolute Gasteiger partial charge is 0.351 e. The summed E-state index contributed by atoms with van der Waals surface area (Å²) in [5, 5.41) is 6.44. The molecule has 2 unspecified atom stereocenters. The summed E-state index contributed by atoms with van der Waals surface area (Å²) in [4.78, 5) is 45.8. The SMILES string of the molecule is CN1C[C@H]2CCC1C(C(=O)N[C@H](Cc1ccc(F)cc1)C(=O)N1CCC(C(=O)NC(C)(C)C)(C3CCCCC3)CC1)C2. The zero-order valence-corrected chi connectivity index (χ0v) is 26.1. The first kappa shape index (κ1) is 31.0. The van der Waals surface area contributed by atoms with Crippen LogP contribution in [-0.2, 0) is 20.8 Å². The van der Waals surface area contributed by atoms with E-state index in [4.69, 9.17) is 0 Å². The maximum Gasteiger partial charge on any atom is 0.245 e. The molecule has 3 heterocycles. The van der Waals surface area contributed by atoms with E-state index in [1.165, 1.54) is 18.6 Å². The molecular formula is C34H51FN4O3. The van der Waals surface area contributed by atoms with Crippen LogP contribution < -0.4 is 10.6 Å². The molecule has 3 aliphatic heterocycles. The summed E-state index contributed by atoms with van der Waals surface area (Å²) >= 11 is 0. The summed E-state index contributed by atoms with van der Waals surface area (Å²) in [5.74, 6) is 0.394. The van der Waals surface area contributed by atoms with E-state index in [2.05, 4.69) is 22.6 Å². The van der Waals surface area contributed by atoms with Gasteiger partial charge >= 0.3 is 0 Å². The average Bonchev–Trinajstić information content (AvgIpc) is 2.97. The van der Waals surface area contributed by atoms with Gasteiger partial charge < -0.3 is 20.4 Å². The van der Waals surface area contributed by atoms with Gasteiger partial charge in [-0.05, 0) is 102 Å². The lowest BCUT2D eigenvalue weighted by Gasteiger charge is -2.48. The van der Waals surface area contributed by atoms with Crippen molar-refractivity contribution in [2.45, 2.75) is 109 Å². The molecule has 232 valence electrons. The third-order valence-corrected chi connectivity index (χ3v) is 10.6. The second kappa shape index (κ2) is 12.6. The van der Waals surface area contributed by atoms with Crippen LogP contribution in [0.15, 0.2) is 24.3 Å². The van der Waals surface area contributed by atoms with Gasteiger partial charge in [0.05, 0.1) is 11.3 Å². The molecule has 1 aromatic rings. The van der Waals surface area contributed by atoms with Crippen molar-refractivity contribution >= 4 is 17.7 Å². The predicted octanol–water partition coefficient (Wildman–Crippen LogP) is 4.69. The molecule has 2 aliphatic carbocycles. The molecule has 0 spiro atoms. The highest BCUT2D eigenvalue weighted by molar-refractivity contribution is 5.90. The Labute approximate surface area is 251 Å². The van der Waals surface area contributed by atoms with Gasteiger partial charge in [-0.1, -0.05) is 31.4 Å². The van der Waals surface area contributed by atoms with Crippen molar-refractivity contribution < 1.29 is 18.8 Å². The number of hydrogen-bond donors (Lipinski definition) is 2. The fourth-order valence-corrected chi connectivity index (χ4v) is 8.38. The first-order chi connectivity index (χ1) is 19.9. The molecule has 3 amide bonds. The molecule has 3 saturated heterocycles. The van der Waals surface area contributed by atoms with Crippen molar-refractivity contribution in [3.8, 4) is 0 Å². The molecule has 5 fully saturated rings. The quantitative estimate of drug-likeness (QED) is 0.489. The lowest BCUT2D eigenvalue weighted by atomic mass is 9.63. The molecule has 2 bridgehead atoms. The zero-order chi connectivity index (χ0) is 30.1. The molecule has 0 aromatic heterocycles. The van der Waals surface area contributed by atoms with Crippen molar-refractivity contribution in [2.75, 3.05) is 26.7 Å². The molecule has 0 radical (unpaired) electrons. The monoisotopic (exact) mass is 582 g/mol. The molecule has 42 heavy (non-hydrogen) atoms. The van der Waals surface area contributed by atoms with Crippen LogP contribution in [0.1, 0.15) is 90.5 Å². The van der Waals surface area contributed by atoms with E-state index in [0.717, 1.165) is 57.1 Å². The van der Waals surface area contributed by atoms with Gasteiger partial charge in [0, 0.05) is 37.6 Å². The van der Waals surface area contributed by atoms with Crippen molar-refractivity contribution in [2.24, 2.45) is 23.2 Å². The Balaban J connectivity index is 1.32. The highest BCUT2D eigenvalue weighted by atomic mass is 19.1. The molecule has 4 atom stereocenters. The standard InChI is InChI=1S/C34H51FN4O3/c1-33(2,3)37-32(42)34(25-8-6-5-7-9-25)16-18-39(19-17-34)31(41)28(21-23-10-13-26(35)14-11-23)36-30(40)27-20-24-12-15-29(27)38(4)22-24/h10-11,13-14,24-25,27-29H,5-9,12,15-22H2,1-4H3,(H,36,40)(H,37,42)/t24-,27?,28+,29?/m0/s1. The highest BCUT2D eigenvalue weighted by Crippen LogP contribution is 2.46. The van der Waals surface area contributed by atoms with E-state index >= 15 is 0 Å². The number of piperidine rings is 3. The van der Waals surface area contributed by atoms with Gasteiger partial charge in [0.2, 0.25) is 17.7 Å². The number of likely N-dealkylation sites (tertiary alicyclic amines) is 1. The summed E-state index contributed by atoms with van der Waals surface area (Å²) in [6.45, 7) is 8.11. The van der Waals surface area contributed by atoms with Gasteiger partial charge in [-0.2, -0.15) is 0 Å². The van der Waals surface area contributed by atoms with E-state index in [1.807, 2.05) is 25.7 Å². The van der Waals surface area contributed by atoms with Crippen molar-refractivity contribution in [1.29, 1.82) is 0 Å². The fraction of sp³-hybridized carbons (Fsp3) is 0.735. The molecule has 1 aromatic carbocycles. The number of hydrogen-bond acceptors (Lipinski definition) is 4. The van der Waals surface area contributed by atoms with Crippen LogP contribution in [0, 0.1) is 29.0 Å². The Hall–Kier alpha value is -2.48. The lowest BCUT2D eigenvalue weighted by Crippen LogP contribution is -2.60. The normalized spacial score (nSPS) is 27.4. The molecular weight excluding hydrogens is 531 g/mol. The van der Waals surface area contributed by atoms with E-state index in [1.54, 1.807) is 12.1 Å². The second-order valence-corrected chi connectivity index (χ2v) is 14.7. The van der Waals surface area contributed by atoms with Gasteiger partial charge in [-0.3, -0.25) is 14.4 Å². The molecule has 6 rings (SSSR count). The van der Waals surface area contributed by atoms with Gasteiger partial charge in [-0.25, -0.2) is 4.39 Å². The Kier molecular flexibility index (Phi) is 9.31. The minimum absolute atomic E-state index is 0.0465. The van der Waals surface area contributed by atoms with Crippen molar-refractivity contribution in [3.63, 3.8) is 0 Å². The van der Waals surface area contributed by atoms with Gasteiger partial charge in [0.1, 0.15) is 11.9 Å². The number of rotatable bonds is 7. The summed E-state index contributed by atoms with van der Waals surface area (Å²) < 4.78 is 13.7. The predicted molar refractivity (Wildman–Crippen MR) is 162 cm³/mol. The maximum absolute atomic E-state index is 14.1. The number of nitrogens with one attached hydrogen (secondary N) is 2. The Bertz CT molecular complexity index is 1120. The van der Waals surface area contributed by atoms with Gasteiger partial charge in [-0.15, -0.1) is 0 Å². The maximum atomic E-state index is 14.1. The van der Waals surface area contributed by atoms with Gasteiger partial charge in [0.15, 0.2) is 0 Å². The molecule has 5 aliphatic rings. The fourth-order valence-electron chi connectivity index (χ4n) is 8.38. The van der Waals surface area contributed by atoms with Crippen molar-refractivity contribution in [1.82, 2.24) is 20.4 Å². The van der Waals surface area contributed by atoms with Crippen LogP contribution in [0.4, 0.5) is 4.39 Å². The second-order valence-electron chi connectivity index (χ2n) is 14.7. The number of halogens is 1. The van der Waals surface area contributed by atoms with E-state index in [9.17, 15) is 18.8 Å². The molecule has 2 saturated carbocycles. The van der Waals surface area contributed by atoms with Crippen LogP contribution in [-0.4, -0.2) is 71.8 Å². The topological polar surface area (TPSA) is 81.8 Å². The number of carbonyl (C=O) groups is 3. The lowest BCUT2D eigenvalue weighted by molar-refractivity contribution is -0.148. The Morgan fingerprint density at radius 1 is 1.00 bits per heavy atom. The third kappa shape index (κ3) is 6.84. The minimum atomic E-state index is -0.723. The smallest absolute Gasteiger partial charge is 0.245 e.